The largest absolute Gasteiger partial charge is 0.340 e. The molecule has 1 fully saturated rings. The monoisotopic (exact) mass is 277 g/mol. The van der Waals surface area contributed by atoms with Crippen molar-refractivity contribution < 1.29 is 13.2 Å². The lowest BCUT2D eigenvalue weighted by molar-refractivity contribution is -0.135. The summed E-state index contributed by atoms with van der Waals surface area (Å²) in [7, 11) is -3.41. The molecule has 0 aromatic heterocycles. The maximum absolute atomic E-state index is 12.3. The molecule has 1 amide bonds. The summed E-state index contributed by atoms with van der Waals surface area (Å²) in [6.07, 6.45) is 1.90. The average molecular weight is 277 g/mol. The molecule has 0 bridgehead atoms. The second-order valence-electron chi connectivity index (χ2n) is 5.99. The van der Waals surface area contributed by atoms with Crippen LogP contribution in [0.15, 0.2) is 0 Å². The van der Waals surface area contributed by atoms with Crippen molar-refractivity contribution in [1.29, 1.82) is 0 Å². The van der Waals surface area contributed by atoms with Gasteiger partial charge in [0.2, 0.25) is 15.9 Å². The van der Waals surface area contributed by atoms with Crippen LogP contribution in [0.5, 0.6) is 0 Å². The maximum atomic E-state index is 12.3. The molecule has 1 heterocycles. The van der Waals surface area contributed by atoms with E-state index in [0.29, 0.717) is 19.6 Å². The van der Waals surface area contributed by atoms with E-state index in [1.807, 2.05) is 6.92 Å². The van der Waals surface area contributed by atoms with Gasteiger partial charge in [-0.2, -0.15) is 0 Å². The lowest BCUT2D eigenvalue weighted by Gasteiger charge is -2.30. The van der Waals surface area contributed by atoms with E-state index in [1.54, 1.807) is 18.7 Å². The summed E-state index contributed by atoms with van der Waals surface area (Å²) >= 11 is 0. The van der Waals surface area contributed by atoms with Crippen LogP contribution in [0.3, 0.4) is 0 Å². The highest BCUT2D eigenvalue weighted by Gasteiger charge is 2.41. The molecule has 1 saturated heterocycles. The molecule has 0 aromatic rings. The number of hydrogen-bond donors (Lipinski definition) is 2. The normalized spacial score (nSPS) is 25.5. The predicted molar refractivity (Wildman–Crippen MR) is 70.4 cm³/mol. The van der Waals surface area contributed by atoms with Crippen molar-refractivity contribution in [1.82, 2.24) is 9.62 Å². The zero-order valence-electron chi connectivity index (χ0n) is 11.5. The topological polar surface area (TPSA) is 92.5 Å². The van der Waals surface area contributed by atoms with Crippen LogP contribution in [0.2, 0.25) is 0 Å². The van der Waals surface area contributed by atoms with E-state index in [4.69, 9.17) is 5.73 Å². The van der Waals surface area contributed by atoms with Crippen LogP contribution in [-0.2, 0) is 14.8 Å². The quantitative estimate of drug-likeness (QED) is 0.725. The predicted octanol–water partition coefficient (Wildman–Crippen LogP) is -0.488. The molecule has 18 heavy (non-hydrogen) atoms. The van der Waals surface area contributed by atoms with Gasteiger partial charge in [-0.1, -0.05) is 6.92 Å². The molecule has 1 aliphatic rings. The first kappa shape index (κ1) is 15.4. The van der Waals surface area contributed by atoms with Crippen LogP contribution < -0.4 is 10.5 Å². The SMILES string of the molecule is CC1(CN)CCN(C(=O)C(C)(C)NS(C)(=O)=O)C1. The van der Waals surface area contributed by atoms with E-state index in [2.05, 4.69) is 4.72 Å². The summed E-state index contributed by atoms with van der Waals surface area (Å²) in [4.78, 5) is 14.0. The Hall–Kier alpha value is -0.660. The first-order valence-corrected chi connectivity index (χ1v) is 7.87. The summed E-state index contributed by atoms with van der Waals surface area (Å²) in [5, 5.41) is 0. The number of hydrogen-bond acceptors (Lipinski definition) is 4. The van der Waals surface area contributed by atoms with Crippen molar-refractivity contribution in [2.75, 3.05) is 25.9 Å². The molecular formula is C11H23N3O3S. The molecule has 1 rings (SSSR count). The highest BCUT2D eigenvalue weighted by Crippen LogP contribution is 2.29. The summed E-state index contributed by atoms with van der Waals surface area (Å²) in [6.45, 7) is 6.93. The van der Waals surface area contributed by atoms with Crippen LogP contribution >= 0.6 is 0 Å². The lowest BCUT2D eigenvalue weighted by atomic mass is 9.90. The molecule has 1 aliphatic heterocycles. The third-order valence-corrected chi connectivity index (χ3v) is 4.19. The van der Waals surface area contributed by atoms with Crippen molar-refractivity contribution in [3.8, 4) is 0 Å². The van der Waals surface area contributed by atoms with Crippen LogP contribution in [0.1, 0.15) is 27.2 Å². The maximum Gasteiger partial charge on any atom is 0.243 e. The smallest absolute Gasteiger partial charge is 0.243 e. The van der Waals surface area contributed by atoms with E-state index < -0.39 is 15.6 Å². The zero-order valence-corrected chi connectivity index (χ0v) is 12.3. The summed E-state index contributed by atoms with van der Waals surface area (Å²) in [6, 6.07) is 0. The molecule has 0 saturated carbocycles. The van der Waals surface area contributed by atoms with Crippen molar-refractivity contribution >= 4 is 15.9 Å². The van der Waals surface area contributed by atoms with Gasteiger partial charge >= 0.3 is 0 Å². The Balaban J connectivity index is 2.77. The van der Waals surface area contributed by atoms with Gasteiger partial charge in [-0.15, -0.1) is 0 Å². The highest BCUT2D eigenvalue weighted by molar-refractivity contribution is 7.88. The fraction of sp³-hybridized carbons (Fsp3) is 0.909. The van der Waals surface area contributed by atoms with E-state index in [9.17, 15) is 13.2 Å². The van der Waals surface area contributed by atoms with Gasteiger partial charge in [0.05, 0.1) is 6.26 Å². The third kappa shape index (κ3) is 3.66. The first-order chi connectivity index (χ1) is 7.99. The lowest BCUT2D eigenvalue weighted by Crippen LogP contribution is -2.55. The molecule has 3 N–H and O–H groups in total. The number of amides is 1. The Morgan fingerprint density at radius 2 is 2.06 bits per heavy atom. The molecule has 6 nitrogen and oxygen atoms in total. The summed E-state index contributed by atoms with van der Waals surface area (Å²) in [5.74, 6) is -0.204. The van der Waals surface area contributed by atoms with Gasteiger partial charge in [0.1, 0.15) is 5.54 Å². The van der Waals surface area contributed by atoms with Crippen molar-refractivity contribution in [2.24, 2.45) is 11.1 Å². The number of rotatable bonds is 4. The molecule has 106 valence electrons. The number of carbonyl (C=O) groups excluding carboxylic acids is 1. The number of carbonyl (C=O) groups is 1. The average Bonchev–Trinajstić information content (AvgIpc) is 2.57. The zero-order chi connectivity index (χ0) is 14.2. The molecule has 0 aliphatic carbocycles. The second kappa shape index (κ2) is 4.79. The molecule has 7 heteroatoms. The number of likely N-dealkylation sites (tertiary alicyclic amines) is 1. The molecule has 1 atom stereocenters. The van der Waals surface area contributed by atoms with Gasteiger partial charge in [-0.05, 0) is 32.2 Å². The fourth-order valence-corrected chi connectivity index (χ4v) is 3.28. The Morgan fingerprint density at radius 3 is 2.44 bits per heavy atom. The molecule has 1 unspecified atom stereocenters. The van der Waals surface area contributed by atoms with Gasteiger partial charge < -0.3 is 10.6 Å². The number of sulfonamides is 1. The van der Waals surface area contributed by atoms with Gasteiger partial charge in [0, 0.05) is 13.1 Å². The van der Waals surface area contributed by atoms with E-state index >= 15 is 0 Å². The van der Waals surface area contributed by atoms with E-state index in [-0.39, 0.29) is 11.3 Å². The Morgan fingerprint density at radius 1 is 1.50 bits per heavy atom. The van der Waals surface area contributed by atoms with Gasteiger partial charge in [0.25, 0.3) is 0 Å². The van der Waals surface area contributed by atoms with E-state index in [1.165, 1.54) is 0 Å². The first-order valence-electron chi connectivity index (χ1n) is 5.97. The Labute approximate surface area is 109 Å². The number of nitrogens with one attached hydrogen (secondary N) is 1. The van der Waals surface area contributed by atoms with Crippen molar-refractivity contribution in [2.45, 2.75) is 32.7 Å². The molecular weight excluding hydrogens is 254 g/mol. The number of nitrogens with zero attached hydrogens (tertiary/aromatic N) is 1. The van der Waals surface area contributed by atoms with Crippen molar-refractivity contribution in [3.63, 3.8) is 0 Å². The summed E-state index contributed by atoms with van der Waals surface area (Å²) in [5.41, 5.74) is 4.52. The van der Waals surface area contributed by atoms with Crippen LogP contribution in [0.25, 0.3) is 0 Å². The second-order valence-corrected chi connectivity index (χ2v) is 7.74. The van der Waals surface area contributed by atoms with Gasteiger partial charge in [-0.25, -0.2) is 13.1 Å². The van der Waals surface area contributed by atoms with Crippen molar-refractivity contribution in [3.05, 3.63) is 0 Å². The standard InChI is InChI=1S/C11H23N3O3S/c1-10(2,13-18(4,16)17)9(15)14-6-5-11(3,7-12)8-14/h13H,5-8,12H2,1-4H3. The Bertz CT molecular complexity index is 433. The highest BCUT2D eigenvalue weighted by atomic mass is 32.2. The minimum Gasteiger partial charge on any atom is -0.340 e. The minimum absolute atomic E-state index is 0.0587. The molecule has 0 radical (unpaired) electrons. The van der Waals surface area contributed by atoms with E-state index in [0.717, 1.165) is 12.7 Å². The number of nitrogens with two attached hydrogens (primary N) is 1. The molecule has 0 spiro atoms. The van der Waals surface area contributed by atoms with Gasteiger partial charge in [-0.3, -0.25) is 4.79 Å². The summed E-state index contributed by atoms with van der Waals surface area (Å²) < 4.78 is 24.9. The molecule has 0 aromatic carbocycles. The fourth-order valence-electron chi connectivity index (χ4n) is 2.27. The van der Waals surface area contributed by atoms with Crippen LogP contribution in [-0.4, -0.2) is 50.7 Å². The van der Waals surface area contributed by atoms with Crippen LogP contribution in [0, 0.1) is 5.41 Å². The van der Waals surface area contributed by atoms with Gasteiger partial charge in [0.15, 0.2) is 0 Å². The Kier molecular flexibility index (Phi) is 4.10. The van der Waals surface area contributed by atoms with Crippen LogP contribution in [0.4, 0.5) is 0 Å². The minimum atomic E-state index is -3.41. The third-order valence-electron chi connectivity index (χ3n) is 3.31.